The Balaban J connectivity index is 2.68. The van der Waals surface area contributed by atoms with Crippen LogP contribution in [0.25, 0.3) is 0 Å². The molecule has 1 aromatic rings. The highest BCUT2D eigenvalue weighted by Gasteiger charge is 2.03. The van der Waals surface area contributed by atoms with Crippen molar-refractivity contribution in [2.45, 2.75) is 51.0 Å². The summed E-state index contributed by atoms with van der Waals surface area (Å²) >= 11 is 7.09. The topological polar surface area (TPSA) is 28.7 Å². The lowest BCUT2D eigenvalue weighted by atomic mass is 10.2. The Morgan fingerprint density at radius 2 is 2.25 bits per heavy atom. The van der Waals surface area contributed by atoms with Gasteiger partial charge in [0.1, 0.15) is 10.5 Å². The van der Waals surface area contributed by atoms with E-state index in [9.17, 15) is 0 Å². The third kappa shape index (κ3) is 4.66. The van der Waals surface area contributed by atoms with E-state index >= 15 is 0 Å². The van der Waals surface area contributed by atoms with Crippen molar-refractivity contribution in [1.82, 2.24) is 9.97 Å². The molecular formula is C12H20N2S2. The van der Waals surface area contributed by atoms with Crippen LogP contribution in [0.5, 0.6) is 0 Å². The maximum Gasteiger partial charge on any atom is 0.130 e. The SMILES string of the molecule is CCCc1cc(=S)nc(CSC(C)CC)[nH]1. The summed E-state index contributed by atoms with van der Waals surface area (Å²) in [7, 11) is 0. The van der Waals surface area contributed by atoms with Gasteiger partial charge in [-0.1, -0.05) is 39.4 Å². The molecule has 1 N–H and O–H groups in total. The molecule has 16 heavy (non-hydrogen) atoms. The predicted octanol–water partition coefficient (Wildman–Crippen LogP) is 4.12. The highest BCUT2D eigenvalue weighted by Crippen LogP contribution is 2.17. The van der Waals surface area contributed by atoms with E-state index in [0.717, 1.165) is 24.4 Å². The van der Waals surface area contributed by atoms with Crippen LogP contribution in [0.4, 0.5) is 0 Å². The van der Waals surface area contributed by atoms with E-state index in [4.69, 9.17) is 12.2 Å². The Labute approximate surface area is 107 Å². The van der Waals surface area contributed by atoms with E-state index in [2.05, 4.69) is 30.7 Å². The Hall–Kier alpha value is -0.350. The van der Waals surface area contributed by atoms with Gasteiger partial charge in [0.05, 0.1) is 5.75 Å². The summed E-state index contributed by atoms with van der Waals surface area (Å²) in [5.41, 5.74) is 1.21. The summed E-state index contributed by atoms with van der Waals surface area (Å²) in [5.74, 6) is 1.94. The van der Waals surface area contributed by atoms with Gasteiger partial charge in [-0.25, -0.2) is 4.98 Å². The Morgan fingerprint density at radius 1 is 1.50 bits per heavy atom. The molecule has 0 bridgehead atoms. The van der Waals surface area contributed by atoms with E-state index in [1.165, 1.54) is 12.1 Å². The number of H-pyrrole nitrogens is 1. The molecule has 90 valence electrons. The van der Waals surface area contributed by atoms with Gasteiger partial charge < -0.3 is 4.98 Å². The van der Waals surface area contributed by atoms with Crippen LogP contribution in [-0.2, 0) is 12.2 Å². The Bertz CT molecular complexity index is 374. The van der Waals surface area contributed by atoms with Crippen molar-refractivity contribution in [1.29, 1.82) is 0 Å². The zero-order chi connectivity index (χ0) is 12.0. The van der Waals surface area contributed by atoms with E-state index in [-0.39, 0.29) is 0 Å². The fraction of sp³-hybridized carbons (Fsp3) is 0.667. The van der Waals surface area contributed by atoms with Crippen LogP contribution < -0.4 is 0 Å². The summed E-state index contributed by atoms with van der Waals surface area (Å²) in [4.78, 5) is 7.73. The highest BCUT2D eigenvalue weighted by atomic mass is 32.2. The molecular weight excluding hydrogens is 236 g/mol. The molecule has 1 rings (SSSR count). The second kappa shape index (κ2) is 7.07. The van der Waals surface area contributed by atoms with E-state index in [1.54, 1.807) is 0 Å². The van der Waals surface area contributed by atoms with Crippen molar-refractivity contribution in [3.8, 4) is 0 Å². The van der Waals surface area contributed by atoms with Gasteiger partial charge in [-0.3, -0.25) is 0 Å². The van der Waals surface area contributed by atoms with Gasteiger partial charge in [0.15, 0.2) is 0 Å². The first-order valence-electron chi connectivity index (χ1n) is 5.86. The first kappa shape index (κ1) is 13.7. The van der Waals surface area contributed by atoms with Crippen LogP contribution in [0.3, 0.4) is 0 Å². The minimum Gasteiger partial charge on any atom is -0.346 e. The maximum absolute atomic E-state index is 5.17. The number of nitrogens with zero attached hydrogens (tertiary/aromatic N) is 1. The van der Waals surface area contributed by atoms with Gasteiger partial charge >= 0.3 is 0 Å². The number of hydrogen-bond donors (Lipinski definition) is 1. The van der Waals surface area contributed by atoms with Crippen LogP contribution >= 0.6 is 24.0 Å². The normalized spacial score (nSPS) is 12.7. The fourth-order valence-corrected chi connectivity index (χ4v) is 2.44. The predicted molar refractivity (Wildman–Crippen MR) is 74.5 cm³/mol. The molecule has 1 atom stereocenters. The molecule has 1 heterocycles. The number of aromatic amines is 1. The van der Waals surface area contributed by atoms with Gasteiger partial charge in [0.25, 0.3) is 0 Å². The lowest BCUT2D eigenvalue weighted by Crippen LogP contribution is -2.01. The fourth-order valence-electron chi connectivity index (χ4n) is 1.38. The minimum atomic E-state index is 0.679. The molecule has 0 radical (unpaired) electrons. The third-order valence-electron chi connectivity index (χ3n) is 2.45. The second-order valence-electron chi connectivity index (χ2n) is 3.97. The molecule has 0 amide bonds. The van der Waals surface area contributed by atoms with E-state index in [1.807, 2.05) is 17.8 Å². The summed E-state index contributed by atoms with van der Waals surface area (Å²) in [6, 6.07) is 1.97. The summed E-state index contributed by atoms with van der Waals surface area (Å²) in [5, 5.41) is 0.679. The van der Waals surface area contributed by atoms with E-state index < -0.39 is 0 Å². The van der Waals surface area contributed by atoms with Crippen molar-refractivity contribution in [2.75, 3.05) is 0 Å². The van der Waals surface area contributed by atoms with Crippen molar-refractivity contribution in [3.63, 3.8) is 0 Å². The van der Waals surface area contributed by atoms with Gasteiger partial charge in [-0.2, -0.15) is 11.8 Å². The molecule has 0 aliphatic heterocycles. The van der Waals surface area contributed by atoms with Gasteiger partial charge in [0, 0.05) is 10.9 Å². The first-order chi connectivity index (χ1) is 7.65. The van der Waals surface area contributed by atoms with Gasteiger partial charge in [-0.15, -0.1) is 0 Å². The molecule has 0 saturated heterocycles. The first-order valence-corrected chi connectivity index (χ1v) is 7.32. The van der Waals surface area contributed by atoms with Crippen molar-refractivity contribution < 1.29 is 0 Å². The van der Waals surface area contributed by atoms with Crippen molar-refractivity contribution >= 4 is 24.0 Å². The average molecular weight is 256 g/mol. The lowest BCUT2D eigenvalue weighted by molar-refractivity contribution is 0.847. The molecule has 2 nitrogen and oxygen atoms in total. The zero-order valence-electron chi connectivity index (χ0n) is 10.2. The molecule has 1 aromatic heterocycles. The monoisotopic (exact) mass is 256 g/mol. The van der Waals surface area contributed by atoms with Crippen LogP contribution in [0.1, 0.15) is 45.1 Å². The number of thioether (sulfide) groups is 1. The highest BCUT2D eigenvalue weighted by molar-refractivity contribution is 7.99. The molecule has 4 heteroatoms. The standard InChI is InChI=1S/C12H20N2S2/c1-4-6-10-7-12(15)14-11(13-10)8-16-9(3)5-2/h7,9H,4-6,8H2,1-3H3,(H,13,14,15). The van der Waals surface area contributed by atoms with E-state index in [0.29, 0.717) is 9.89 Å². The average Bonchev–Trinajstić information content (AvgIpc) is 2.25. The molecule has 0 spiro atoms. The number of nitrogens with one attached hydrogen (secondary N) is 1. The van der Waals surface area contributed by atoms with Crippen LogP contribution in [0.15, 0.2) is 6.07 Å². The zero-order valence-corrected chi connectivity index (χ0v) is 11.9. The lowest BCUT2D eigenvalue weighted by Gasteiger charge is -2.08. The van der Waals surface area contributed by atoms with Crippen LogP contribution in [0.2, 0.25) is 0 Å². The molecule has 0 saturated carbocycles. The van der Waals surface area contributed by atoms with Crippen molar-refractivity contribution in [2.24, 2.45) is 0 Å². The van der Waals surface area contributed by atoms with Crippen LogP contribution in [-0.4, -0.2) is 15.2 Å². The Morgan fingerprint density at radius 3 is 2.88 bits per heavy atom. The molecule has 0 aliphatic carbocycles. The second-order valence-corrected chi connectivity index (χ2v) is 5.82. The number of rotatable bonds is 6. The van der Waals surface area contributed by atoms with Gasteiger partial charge in [0.2, 0.25) is 0 Å². The largest absolute Gasteiger partial charge is 0.346 e. The summed E-state index contributed by atoms with van der Waals surface area (Å²) in [6.45, 7) is 6.63. The van der Waals surface area contributed by atoms with Gasteiger partial charge in [-0.05, 0) is 18.9 Å². The molecule has 0 fully saturated rings. The maximum atomic E-state index is 5.17. The third-order valence-corrected chi connectivity index (χ3v) is 4.00. The van der Waals surface area contributed by atoms with Crippen molar-refractivity contribution in [3.05, 3.63) is 22.2 Å². The summed E-state index contributed by atoms with van der Waals surface area (Å²) in [6.07, 6.45) is 3.38. The quantitative estimate of drug-likeness (QED) is 0.776. The minimum absolute atomic E-state index is 0.679. The Kier molecular flexibility index (Phi) is 6.06. The summed E-state index contributed by atoms with van der Waals surface area (Å²) < 4.78 is 0.710. The number of hydrogen-bond acceptors (Lipinski definition) is 3. The molecule has 0 aliphatic rings. The molecule has 1 unspecified atom stereocenters. The van der Waals surface area contributed by atoms with Crippen LogP contribution in [0, 0.1) is 4.64 Å². The number of aryl methyl sites for hydroxylation is 1. The molecule has 0 aromatic carbocycles. The smallest absolute Gasteiger partial charge is 0.130 e. The number of aromatic nitrogens is 2.